The van der Waals surface area contributed by atoms with E-state index in [1.54, 1.807) is 24.3 Å². The minimum Gasteiger partial charge on any atom is -0.493 e. The molecule has 0 bridgehead atoms. The Balaban J connectivity index is 2.16. The number of carbonyl (C=O) groups excluding carboxylic acids is 1. The molecular formula is C16H15BrClNO2. The Kier molecular flexibility index (Phi) is 5.26. The number of halogens is 2. The van der Waals surface area contributed by atoms with Crippen molar-refractivity contribution in [3.05, 3.63) is 57.0 Å². The van der Waals surface area contributed by atoms with Crippen LogP contribution < -0.4 is 10.1 Å². The fraction of sp³-hybridized carbons (Fsp3) is 0.188. The highest BCUT2D eigenvalue weighted by Crippen LogP contribution is 2.27. The van der Waals surface area contributed by atoms with Crippen molar-refractivity contribution >= 4 is 39.1 Å². The van der Waals surface area contributed by atoms with Crippen molar-refractivity contribution in [1.29, 1.82) is 0 Å². The lowest BCUT2D eigenvalue weighted by Gasteiger charge is -2.09. The number of anilines is 1. The lowest BCUT2D eigenvalue weighted by atomic mass is 10.2. The molecule has 0 aliphatic heterocycles. The third kappa shape index (κ3) is 3.99. The fourth-order valence-corrected chi connectivity index (χ4v) is 2.46. The third-order valence-corrected chi connectivity index (χ3v) is 3.95. The van der Waals surface area contributed by atoms with Crippen molar-refractivity contribution in [2.24, 2.45) is 0 Å². The molecule has 5 heteroatoms. The number of hydrogen-bond donors (Lipinski definition) is 1. The van der Waals surface area contributed by atoms with Crippen LogP contribution in [0.5, 0.6) is 5.75 Å². The first-order valence-corrected chi connectivity index (χ1v) is 7.68. The van der Waals surface area contributed by atoms with Crippen LogP contribution in [0.2, 0.25) is 5.02 Å². The number of ether oxygens (including phenoxy) is 1. The topological polar surface area (TPSA) is 38.3 Å². The first kappa shape index (κ1) is 15.9. The highest BCUT2D eigenvalue weighted by molar-refractivity contribution is 9.10. The van der Waals surface area contributed by atoms with Crippen LogP contribution in [0.4, 0.5) is 5.69 Å². The van der Waals surface area contributed by atoms with Crippen LogP contribution >= 0.6 is 27.5 Å². The minimum atomic E-state index is -0.196. The highest BCUT2D eigenvalue weighted by atomic mass is 79.9. The number of carbonyl (C=O) groups is 1. The predicted molar refractivity (Wildman–Crippen MR) is 89.5 cm³/mol. The van der Waals surface area contributed by atoms with Crippen molar-refractivity contribution in [3.63, 3.8) is 0 Å². The first-order chi connectivity index (χ1) is 10.0. The van der Waals surface area contributed by atoms with E-state index in [4.69, 9.17) is 16.3 Å². The molecule has 0 aliphatic rings. The van der Waals surface area contributed by atoms with Gasteiger partial charge in [-0.1, -0.05) is 17.7 Å². The van der Waals surface area contributed by atoms with E-state index >= 15 is 0 Å². The van der Waals surface area contributed by atoms with Gasteiger partial charge in [0.15, 0.2) is 0 Å². The maximum Gasteiger partial charge on any atom is 0.255 e. The van der Waals surface area contributed by atoms with Crippen molar-refractivity contribution in [3.8, 4) is 5.75 Å². The van der Waals surface area contributed by atoms with E-state index in [-0.39, 0.29) is 5.91 Å². The second-order valence-corrected chi connectivity index (χ2v) is 5.76. The first-order valence-electron chi connectivity index (χ1n) is 6.51. The molecule has 1 N–H and O–H groups in total. The van der Waals surface area contributed by atoms with E-state index in [1.165, 1.54) is 0 Å². The predicted octanol–water partition coefficient (Wildman–Crippen LogP) is 5.06. The van der Waals surface area contributed by atoms with Gasteiger partial charge in [0.2, 0.25) is 0 Å². The lowest BCUT2D eigenvalue weighted by Crippen LogP contribution is -2.12. The van der Waals surface area contributed by atoms with Crippen LogP contribution in [0.1, 0.15) is 22.8 Å². The van der Waals surface area contributed by atoms with Gasteiger partial charge in [0, 0.05) is 16.3 Å². The van der Waals surface area contributed by atoms with Gasteiger partial charge in [0.1, 0.15) is 5.75 Å². The highest BCUT2D eigenvalue weighted by Gasteiger charge is 2.10. The molecule has 0 saturated heterocycles. The molecule has 0 radical (unpaired) electrons. The summed E-state index contributed by atoms with van der Waals surface area (Å²) in [6.45, 7) is 4.40. The van der Waals surface area contributed by atoms with Gasteiger partial charge in [0.25, 0.3) is 5.91 Å². The van der Waals surface area contributed by atoms with Gasteiger partial charge in [-0.15, -0.1) is 0 Å². The van der Waals surface area contributed by atoms with Crippen LogP contribution in [0.3, 0.4) is 0 Å². The van der Waals surface area contributed by atoms with Crippen molar-refractivity contribution in [1.82, 2.24) is 0 Å². The van der Waals surface area contributed by atoms with E-state index in [9.17, 15) is 4.79 Å². The Labute approximate surface area is 137 Å². The average Bonchev–Trinajstić information content (AvgIpc) is 2.45. The molecule has 2 aromatic carbocycles. The van der Waals surface area contributed by atoms with Crippen LogP contribution in [0.15, 0.2) is 40.9 Å². The number of amides is 1. The van der Waals surface area contributed by atoms with Gasteiger partial charge >= 0.3 is 0 Å². The van der Waals surface area contributed by atoms with E-state index in [0.717, 1.165) is 10.0 Å². The molecule has 0 unspecified atom stereocenters. The summed E-state index contributed by atoms with van der Waals surface area (Å²) >= 11 is 9.45. The lowest BCUT2D eigenvalue weighted by molar-refractivity contribution is 0.102. The van der Waals surface area contributed by atoms with E-state index in [1.807, 2.05) is 26.0 Å². The summed E-state index contributed by atoms with van der Waals surface area (Å²) in [4.78, 5) is 12.2. The Hall–Kier alpha value is -1.52. The zero-order chi connectivity index (χ0) is 15.4. The van der Waals surface area contributed by atoms with Gasteiger partial charge in [0.05, 0.1) is 11.1 Å². The number of hydrogen-bond acceptors (Lipinski definition) is 2. The van der Waals surface area contributed by atoms with Crippen molar-refractivity contribution in [2.75, 3.05) is 11.9 Å². The smallest absolute Gasteiger partial charge is 0.255 e. The zero-order valence-electron chi connectivity index (χ0n) is 11.7. The molecule has 0 aliphatic carbocycles. The van der Waals surface area contributed by atoms with E-state index < -0.39 is 0 Å². The van der Waals surface area contributed by atoms with Gasteiger partial charge in [-0.2, -0.15) is 0 Å². The molecule has 0 atom stereocenters. The standard InChI is InChI=1S/C16H15BrClNO2/c1-3-21-15-7-5-11(8-13(15)17)16(20)19-12-6-4-10(2)14(18)9-12/h4-9H,3H2,1-2H3,(H,19,20). The molecule has 0 fully saturated rings. The monoisotopic (exact) mass is 367 g/mol. The molecule has 3 nitrogen and oxygen atoms in total. The summed E-state index contributed by atoms with van der Waals surface area (Å²) in [5, 5.41) is 3.45. The van der Waals surface area contributed by atoms with Crippen LogP contribution in [-0.2, 0) is 0 Å². The Morgan fingerprint density at radius 3 is 2.67 bits per heavy atom. The Morgan fingerprint density at radius 2 is 2.05 bits per heavy atom. The molecule has 1 amide bonds. The maximum absolute atomic E-state index is 12.2. The normalized spacial score (nSPS) is 10.3. The molecule has 2 rings (SSSR count). The van der Waals surface area contributed by atoms with Crippen LogP contribution in [0, 0.1) is 6.92 Å². The molecular weight excluding hydrogens is 354 g/mol. The summed E-state index contributed by atoms with van der Waals surface area (Å²) in [7, 11) is 0. The van der Waals surface area contributed by atoms with Crippen LogP contribution in [-0.4, -0.2) is 12.5 Å². The molecule has 0 saturated carbocycles. The summed E-state index contributed by atoms with van der Waals surface area (Å²) in [6, 6.07) is 10.6. The number of nitrogens with one attached hydrogen (secondary N) is 1. The van der Waals surface area contributed by atoms with Gasteiger partial charge in [-0.25, -0.2) is 0 Å². The van der Waals surface area contributed by atoms with E-state index in [0.29, 0.717) is 28.6 Å². The van der Waals surface area contributed by atoms with Crippen molar-refractivity contribution in [2.45, 2.75) is 13.8 Å². The molecule has 0 aromatic heterocycles. The summed E-state index contributed by atoms with van der Waals surface area (Å²) in [5.74, 6) is 0.520. The van der Waals surface area contributed by atoms with Crippen molar-refractivity contribution < 1.29 is 9.53 Å². The molecule has 110 valence electrons. The molecule has 21 heavy (non-hydrogen) atoms. The van der Waals surface area contributed by atoms with Crippen LogP contribution in [0.25, 0.3) is 0 Å². The van der Waals surface area contributed by atoms with Gasteiger partial charge < -0.3 is 10.1 Å². The second kappa shape index (κ2) is 6.96. The number of rotatable bonds is 4. The number of benzene rings is 2. The zero-order valence-corrected chi connectivity index (χ0v) is 14.1. The maximum atomic E-state index is 12.2. The fourth-order valence-electron chi connectivity index (χ4n) is 1.79. The minimum absolute atomic E-state index is 0.196. The largest absolute Gasteiger partial charge is 0.493 e. The quantitative estimate of drug-likeness (QED) is 0.819. The summed E-state index contributed by atoms with van der Waals surface area (Å²) in [6.07, 6.45) is 0. The molecule has 0 spiro atoms. The molecule has 2 aromatic rings. The van der Waals surface area contributed by atoms with Gasteiger partial charge in [-0.3, -0.25) is 4.79 Å². The summed E-state index contributed by atoms with van der Waals surface area (Å²) < 4.78 is 6.17. The molecule has 0 heterocycles. The number of aryl methyl sites for hydroxylation is 1. The van der Waals surface area contributed by atoms with E-state index in [2.05, 4.69) is 21.2 Å². The summed E-state index contributed by atoms with van der Waals surface area (Å²) in [5.41, 5.74) is 2.18. The SMILES string of the molecule is CCOc1ccc(C(=O)Nc2ccc(C)c(Cl)c2)cc1Br. The average molecular weight is 369 g/mol. The third-order valence-electron chi connectivity index (χ3n) is 2.92. The van der Waals surface area contributed by atoms with Gasteiger partial charge in [-0.05, 0) is 65.7 Å². The Bertz CT molecular complexity index is 673. The Morgan fingerprint density at radius 1 is 1.29 bits per heavy atom. The second-order valence-electron chi connectivity index (χ2n) is 4.50.